The molecule has 4 rings (SSSR count). The largest absolute Gasteiger partial charge is 0.448 e. The zero-order valence-electron chi connectivity index (χ0n) is 15.2. The molecule has 3 aromatic rings. The third kappa shape index (κ3) is 3.90. The number of fused-ring (bicyclic) bond motifs is 3. The van der Waals surface area contributed by atoms with E-state index in [1.54, 1.807) is 17.8 Å². The molecule has 1 aromatic heterocycles. The molecule has 5 nitrogen and oxygen atoms in total. The van der Waals surface area contributed by atoms with Crippen molar-refractivity contribution in [3.05, 3.63) is 58.1 Å². The number of nitrogens with one attached hydrogen (secondary N) is 1. The van der Waals surface area contributed by atoms with Crippen molar-refractivity contribution >= 4 is 40.7 Å². The van der Waals surface area contributed by atoms with Gasteiger partial charge in [0.1, 0.15) is 0 Å². The molecule has 0 unspecified atom stereocenters. The molecule has 1 N–H and O–H groups in total. The summed E-state index contributed by atoms with van der Waals surface area (Å²) in [4.78, 5) is 4.62. The van der Waals surface area contributed by atoms with Crippen molar-refractivity contribution in [2.45, 2.75) is 31.1 Å². The van der Waals surface area contributed by atoms with Gasteiger partial charge in [-0.1, -0.05) is 78.6 Å². The van der Waals surface area contributed by atoms with Crippen LogP contribution < -0.4 is 10.1 Å². The average Bonchev–Trinajstić information content (AvgIpc) is 2.86. The molecule has 1 aliphatic heterocycles. The van der Waals surface area contributed by atoms with Crippen LogP contribution in [0.4, 0.5) is 5.69 Å². The summed E-state index contributed by atoms with van der Waals surface area (Å²) >= 11 is 14.2. The lowest BCUT2D eigenvalue weighted by atomic mass is 10.1. The number of halogens is 2. The molecule has 1 atom stereocenters. The van der Waals surface area contributed by atoms with Crippen molar-refractivity contribution in [2.75, 3.05) is 11.1 Å². The van der Waals surface area contributed by atoms with Gasteiger partial charge >= 0.3 is 0 Å². The van der Waals surface area contributed by atoms with Crippen molar-refractivity contribution in [2.24, 2.45) is 0 Å². The Morgan fingerprint density at radius 1 is 1.11 bits per heavy atom. The summed E-state index contributed by atoms with van der Waals surface area (Å²) in [6.45, 7) is 2.15. The topological polar surface area (TPSA) is 59.9 Å². The maximum absolute atomic E-state index is 6.45. The van der Waals surface area contributed by atoms with Crippen molar-refractivity contribution in [3.8, 4) is 17.1 Å². The molecule has 144 valence electrons. The molecule has 2 aromatic carbocycles. The van der Waals surface area contributed by atoms with Gasteiger partial charge in [-0.15, -0.1) is 10.2 Å². The van der Waals surface area contributed by atoms with Crippen LogP contribution in [-0.4, -0.2) is 20.9 Å². The smallest absolute Gasteiger partial charge is 0.247 e. The van der Waals surface area contributed by atoms with Gasteiger partial charge in [-0.2, -0.15) is 4.98 Å². The highest BCUT2D eigenvalue weighted by Gasteiger charge is 2.27. The second kappa shape index (κ2) is 8.55. The van der Waals surface area contributed by atoms with Crippen LogP contribution in [-0.2, 0) is 0 Å². The fourth-order valence-electron chi connectivity index (χ4n) is 2.88. The molecule has 0 radical (unpaired) electrons. The SMILES string of the molecule is CCCCSc1nnc2c(n1)O[C@H](c1cccc(Cl)c1Cl)Nc1ccccc1-2. The van der Waals surface area contributed by atoms with Gasteiger partial charge in [-0.25, -0.2) is 0 Å². The van der Waals surface area contributed by atoms with Crippen molar-refractivity contribution in [1.29, 1.82) is 0 Å². The lowest BCUT2D eigenvalue weighted by Gasteiger charge is -2.20. The molecular weight excluding hydrogens is 415 g/mol. The standard InChI is InChI=1S/C20H18Cl2N4OS/c1-2-3-11-28-20-24-19-17(25-26-20)12-7-4-5-10-15(12)23-18(27-19)13-8-6-9-14(21)16(13)22/h4-10,18,23H,2-3,11H2,1H3/t18-/m1/s1. The van der Waals surface area contributed by atoms with Crippen LogP contribution in [0.3, 0.4) is 0 Å². The van der Waals surface area contributed by atoms with Crippen LogP contribution in [0.1, 0.15) is 31.6 Å². The van der Waals surface area contributed by atoms with Gasteiger partial charge < -0.3 is 10.1 Å². The van der Waals surface area contributed by atoms with Crippen LogP contribution in [0.2, 0.25) is 10.0 Å². The number of hydrogen-bond donors (Lipinski definition) is 1. The van der Waals surface area contributed by atoms with E-state index in [0.717, 1.165) is 35.4 Å². The third-order valence-electron chi connectivity index (χ3n) is 4.33. The van der Waals surface area contributed by atoms with Crippen LogP contribution in [0.5, 0.6) is 5.88 Å². The summed E-state index contributed by atoms with van der Waals surface area (Å²) < 4.78 is 6.23. The van der Waals surface area contributed by atoms with E-state index in [1.165, 1.54) is 0 Å². The Balaban J connectivity index is 1.77. The van der Waals surface area contributed by atoms with Gasteiger partial charge in [0.15, 0.2) is 11.9 Å². The maximum Gasteiger partial charge on any atom is 0.247 e. The van der Waals surface area contributed by atoms with E-state index in [0.29, 0.717) is 26.8 Å². The molecule has 0 amide bonds. The molecule has 0 saturated heterocycles. The zero-order chi connectivity index (χ0) is 19.5. The van der Waals surface area contributed by atoms with E-state index in [-0.39, 0.29) is 0 Å². The van der Waals surface area contributed by atoms with Crippen LogP contribution in [0.25, 0.3) is 11.3 Å². The molecule has 0 bridgehead atoms. The number of thioether (sulfide) groups is 1. The summed E-state index contributed by atoms with van der Waals surface area (Å²) in [6, 6.07) is 13.3. The average molecular weight is 433 g/mol. The number of para-hydroxylation sites is 1. The van der Waals surface area contributed by atoms with E-state index in [4.69, 9.17) is 27.9 Å². The normalized spacial score (nSPS) is 15.0. The molecule has 0 aliphatic carbocycles. The Hall–Kier alpha value is -2.02. The highest BCUT2D eigenvalue weighted by molar-refractivity contribution is 7.99. The number of aromatic nitrogens is 3. The molecule has 0 spiro atoms. The highest BCUT2D eigenvalue weighted by atomic mass is 35.5. The number of benzene rings is 2. The Morgan fingerprint density at radius 3 is 2.82 bits per heavy atom. The Bertz CT molecular complexity index is 1000. The quantitative estimate of drug-likeness (QED) is 0.380. The second-order valence-corrected chi connectivity index (χ2v) is 8.13. The molecule has 0 saturated carbocycles. The minimum atomic E-state index is -0.557. The lowest BCUT2D eigenvalue weighted by Crippen LogP contribution is -2.17. The number of hydrogen-bond acceptors (Lipinski definition) is 6. The summed E-state index contributed by atoms with van der Waals surface area (Å²) in [5.74, 6) is 1.36. The van der Waals surface area contributed by atoms with Gasteiger partial charge in [0.05, 0.1) is 10.0 Å². The molecule has 0 fully saturated rings. The fraction of sp³-hybridized carbons (Fsp3) is 0.250. The minimum absolute atomic E-state index is 0.424. The summed E-state index contributed by atoms with van der Waals surface area (Å²) in [5, 5.41) is 13.6. The van der Waals surface area contributed by atoms with E-state index in [1.807, 2.05) is 36.4 Å². The van der Waals surface area contributed by atoms with Gasteiger partial charge in [0.2, 0.25) is 11.0 Å². The van der Waals surface area contributed by atoms with Crippen LogP contribution in [0.15, 0.2) is 47.6 Å². The predicted octanol–water partition coefficient (Wildman–Crippen LogP) is 6.24. The first kappa shape index (κ1) is 19.3. The molecular formula is C20H18Cl2N4OS. The molecule has 28 heavy (non-hydrogen) atoms. The van der Waals surface area contributed by atoms with Crippen LogP contribution in [0, 0.1) is 0 Å². The van der Waals surface area contributed by atoms with E-state index < -0.39 is 6.23 Å². The maximum atomic E-state index is 6.45. The number of unbranched alkanes of at least 4 members (excludes halogenated alkanes) is 1. The predicted molar refractivity (Wildman–Crippen MR) is 114 cm³/mol. The van der Waals surface area contributed by atoms with Gasteiger partial charge in [0.25, 0.3) is 0 Å². The summed E-state index contributed by atoms with van der Waals surface area (Å²) in [6.07, 6.45) is 1.66. The van der Waals surface area contributed by atoms with E-state index in [2.05, 4.69) is 27.4 Å². The Kier molecular flexibility index (Phi) is 5.90. The van der Waals surface area contributed by atoms with Gasteiger partial charge in [0, 0.05) is 22.6 Å². The monoisotopic (exact) mass is 432 g/mol. The van der Waals surface area contributed by atoms with Crippen molar-refractivity contribution in [3.63, 3.8) is 0 Å². The number of rotatable bonds is 5. The first-order valence-electron chi connectivity index (χ1n) is 9.01. The molecule has 1 aliphatic rings. The minimum Gasteiger partial charge on any atom is -0.448 e. The van der Waals surface area contributed by atoms with Gasteiger partial charge in [-0.05, 0) is 18.6 Å². The number of anilines is 1. The lowest BCUT2D eigenvalue weighted by molar-refractivity contribution is 0.225. The first-order chi connectivity index (χ1) is 13.7. The van der Waals surface area contributed by atoms with Crippen molar-refractivity contribution < 1.29 is 4.74 Å². The number of ether oxygens (including phenoxy) is 1. The Labute approximate surface area is 177 Å². The third-order valence-corrected chi connectivity index (χ3v) is 6.08. The fourth-order valence-corrected chi connectivity index (χ4v) is 4.15. The van der Waals surface area contributed by atoms with E-state index in [9.17, 15) is 0 Å². The van der Waals surface area contributed by atoms with Crippen molar-refractivity contribution in [1.82, 2.24) is 15.2 Å². The summed E-state index contributed by atoms with van der Waals surface area (Å²) in [7, 11) is 0. The first-order valence-corrected chi connectivity index (χ1v) is 10.8. The number of nitrogens with zero attached hydrogens (tertiary/aromatic N) is 3. The summed E-state index contributed by atoms with van der Waals surface area (Å²) in [5.41, 5.74) is 3.08. The second-order valence-electron chi connectivity index (χ2n) is 6.28. The highest BCUT2D eigenvalue weighted by Crippen LogP contribution is 2.41. The van der Waals surface area contributed by atoms with Crippen LogP contribution >= 0.6 is 35.0 Å². The molecule has 2 heterocycles. The van der Waals surface area contributed by atoms with E-state index >= 15 is 0 Å². The molecule has 8 heteroatoms. The zero-order valence-corrected chi connectivity index (χ0v) is 17.5. The Morgan fingerprint density at radius 2 is 1.96 bits per heavy atom. The van der Waals surface area contributed by atoms with Gasteiger partial charge in [-0.3, -0.25) is 0 Å².